The topological polar surface area (TPSA) is 97.8 Å². The van der Waals surface area contributed by atoms with Gasteiger partial charge in [0.25, 0.3) is 5.91 Å². The highest BCUT2D eigenvalue weighted by Crippen LogP contribution is 2.46. The molecule has 3 aromatic heterocycles. The molecule has 0 radical (unpaired) electrons. The van der Waals surface area contributed by atoms with Crippen LogP contribution in [0, 0.1) is 27.7 Å². The number of carboxylic acids is 1. The average Bonchev–Trinajstić information content (AvgIpc) is 3.74. The largest absolute Gasteiger partial charge is 0.494 e. The van der Waals surface area contributed by atoms with Crippen LogP contribution >= 0.6 is 23.2 Å². The van der Waals surface area contributed by atoms with Gasteiger partial charge in [0, 0.05) is 71.5 Å². The number of fused-ring (bicyclic) bond motifs is 4. The molecule has 1 atom stereocenters. The van der Waals surface area contributed by atoms with Gasteiger partial charge in [0.05, 0.1) is 39.6 Å². The Bertz CT molecular complexity index is 2450. The number of halogens is 2. The van der Waals surface area contributed by atoms with E-state index in [0.29, 0.717) is 43.3 Å². The molecule has 6 aromatic rings. The molecule has 3 aromatic carbocycles. The molecule has 0 fully saturated rings. The van der Waals surface area contributed by atoms with Gasteiger partial charge in [-0.25, -0.2) is 4.79 Å². The van der Waals surface area contributed by atoms with Crippen LogP contribution in [0.1, 0.15) is 68.3 Å². The normalized spacial score (nSPS) is 14.5. The van der Waals surface area contributed by atoms with E-state index in [2.05, 4.69) is 21.0 Å². The molecule has 7 rings (SSSR count). The van der Waals surface area contributed by atoms with E-state index in [1.807, 2.05) is 94.9 Å². The fourth-order valence-electron chi connectivity index (χ4n) is 8.05. The molecule has 1 aliphatic rings. The number of nitrogens with zero attached hydrogens (tertiary/aromatic N) is 6. The number of anilines is 1. The van der Waals surface area contributed by atoms with Crippen LogP contribution in [0.3, 0.4) is 0 Å². The highest BCUT2D eigenvalue weighted by atomic mass is 35.5. The molecule has 0 bridgehead atoms. The Labute approximate surface area is 325 Å². The number of benzene rings is 3. The van der Waals surface area contributed by atoms with E-state index < -0.39 is 5.97 Å². The second-order valence-electron chi connectivity index (χ2n) is 14.8. The van der Waals surface area contributed by atoms with Gasteiger partial charge in [0.2, 0.25) is 0 Å². The van der Waals surface area contributed by atoms with E-state index in [0.717, 1.165) is 84.0 Å². The zero-order valence-corrected chi connectivity index (χ0v) is 33.6. The Kier molecular flexibility index (Phi) is 10.1. The number of carboxylic acid groups (broad SMARTS) is 1. The first-order valence-corrected chi connectivity index (χ1v) is 19.0. The lowest BCUT2D eigenvalue weighted by Gasteiger charge is -2.34. The summed E-state index contributed by atoms with van der Waals surface area (Å²) < 4.78 is 12.4. The molecular formula is C42H46Cl2N6O4. The van der Waals surface area contributed by atoms with Crippen molar-refractivity contribution in [2.45, 2.75) is 60.0 Å². The van der Waals surface area contributed by atoms with Crippen molar-refractivity contribution in [3.63, 3.8) is 0 Å². The fraction of sp³-hybridized carbons (Fsp3) is 0.357. The first kappa shape index (κ1) is 37.5. The molecule has 282 valence electrons. The SMILES string of the molecule is Cc1cc(OCCCc2c3n(c4c(-c5c(C)nn(C)c5C)c(Cl)ccc24)[C@H](C)CN(c2cn(CCN(C)C)c4cc(C(=O)O)ccc24)C3=O)cc(C)c1Cl. The molecule has 0 spiro atoms. The van der Waals surface area contributed by atoms with Gasteiger partial charge in [-0.1, -0.05) is 29.3 Å². The lowest BCUT2D eigenvalue weighted by Crippen LogP contribution is -2.42. The smallest absolute Gasteiger partial charge is 0.335 e. The number of carbonyl (C=O) groups excluding carboxylic acids is 1. The van der Waals surface area contributed by atoms with E-state index in [-0.39, 0.29) is 17.5 Å². The minimum absolute atomic E-state index is 0.111. The molecular weight excluding hydrogens is 723 g/mol. The Morgan fingerprint density at radius 3 is 2.37 bits per heavy atom. The molecule has 54 heavy (non-hydrogen) atoms. The van der Waals surface area contributed by atoms with Crippen LogP contribution in [0.25, 0.3) is 32.9 Å². The number of likely N-dealkylation sites (N-methyl/N-ethyl adjacent to an activating group) is 1. The van der Waals surface area contributed by atoms with Crippen molar-refractivity contribution < 1.29 is 19.4 Å². The zero-order chi connectivity index (χ0) is 38.7. The molecule has 1 amide bonds. The Balaban J connectivity index is 1.37. The monoisotopic (exact) mass is 768 g/mol. The van der Waals surface area contributed by atoms with Gasteiger partial charge in [-0.05, 0) is 115 Å². The van der Waals surface area contributed by atoms with Crippen LogP contribution in [0.5, 0.6) is 5.75 Å². The summed E-state index contributed by atoms with van der Waals surface area (Å²) in [6.07, 6.45) is 3.26. The van der Waals surface area contributed by atoms with Crippen LogP contribution in [0.2, 0.25) is 10.0 Å². The molecule has 10 nitrogen and oxygen atoms in total. The van der Waals surface area contributed by atoms with Gasteiger partial charge in [-0.2, -0.15) is 5.10 Å². The maximum atomic E-state index is 15.2. The number of hydrogen-bond donors (Lipinski definition) is 1. The fourth-order valence-corrected chi connectivity index (χ4v) is 8.41. The number of aromatic nitrogens is 4. The molecule has 12 heteroatoms. The maximum absolute atomic E-state index is 15.2. The summed E-state index contributed by atoms with van der Waals surface area (Å²) in [6.45, 7) is 12.4. The number of amides is 1. The minimum atomic E-state index is -0.991. The van der Waals surface area contributed by atoms with E-state index in [1.54, 1.807) is 12.1 Å². The van der Waals surface area contributed by atoms with E-state index in [4.69, 9.17) is 33.0 Å². The standard InChI is InChI=1S/C42H46Cl2N6O4/c1-23-18-29(19-24(2)38(23)44)54-17-9-10-30-31-13-14-33(43)37(36-26(4)45-47(8)27(36)5)39(31)50-25(3)21-49(41(51)40(30)50)35-22-48(16-15-46(6)7)34-20-28(42(52)53)11-12-32(34)35/h11-14,18-20,22,25H,9-10,15-17,21H2,1-8H3,(H,52,53)/t25-/m1/s1. The predicted molar refractivity (Wildman–Crippen MR) is 217 cm³/mol. The van der Waals surface area contributed by atoms with Crippen molar-refractivity contribution in [3.8, 4) is 16.9 Å². The van der Waals surface area contributed by atoms with Crippen LogP contribution in [0.4, 0.5) is 5.69 Å². The second kappa shape index (κ2) is 14.5. The molecule has 1 N–H and O–H groups in total. The van der Waals surface area contributed by atoms with Crippen molar-refractivity contribution in [1.29, 1.82) is 0 Å². The van der Waals surface area contributed by atoms with Gasteiger partial charge in [0.15, 0.2) is 0 Å². The van der Waals surface area contributed by atoms with Crippen molar-refractivity contribution in [1.82, 2.24) is 23.8 Å². The highest BCUT2D eigenvalue weighted by molar-refractivity contribution is 6.35. The van der Waals surface area contributed by atoms with Crippen LogP contribution < -0.4 is 9.64 Å². The summed E-state index contributed by atoms with van der Waals surface area (Å²) in [6, 6.07) is 12.9. The number of ether oxygens (including phenoxy) is 1. The third kappa shape index (κ3) is 6.44. The van der Waals surface area contributed by atoms with Gasteiger partial charge in [-0.3, -0.25) is 9.48 Å². The molecule has 1 aliphatic heterocycles. The first-order chi connectivity index (χ1) is 25.7. The summed E-state index contributed by atoms with van der Waals surface area (Å²) in [5, 5.41) is 17.7. The summed E-state index contributed by atoms with van der Waals surface area (Å²) in [5.74, 6) is -0.336. The third-order valence-corrected chi connectivity index (χ3v) is 11.7. The van der Waals surface area contributed by atoms with Gasteiger partial charge < -0.3 is 28.8 Å². The van der Waals surface area contributed by atoms with Crippen LogP contribution in [0.15, 0.2) is 48.7 Å². The molecule has 4 heterocycles. The minimum Gasteiger partial charge on any atom is -0.494 e. The number of rotatable bonds is 11. The number of aryl methyl sites for hydroxylation is 5. The highest BCUT2D eigenvalue weighted by Gasteiger charge is 2.38. The lowest BCUT2D eigenvalue weighted by atomic mass is 9.98. The van der Waals surface area contributed by atoms with Crippen molar-refractivity contribution in [3.05, 3.63) is 98.0 Å². The summed E-state index contributed by atoms with van der Waals surface area (Å²) in [7, 11) is 5.94. The summed E-state index contributed by atoms with van der Waals surface area (Å²) in [5.41, 5.74) is 9.87. The third-order valence-electron chi connectivity index (χ3n) is 10.8. The number of aromatic carboxylic acids is 1. The predicted octanol–water partition coefficient (Wildman–Crippen LogP) is 9.03. The van der Waals surface area contributed by atoms with E-state index in [1.165, 1.54) is 0 Å². The van der Waals surface area contributed by atoms with Crippen LogP contribution in [-0.2, 0) is 20.0 Å². The molecule has 0 saturated carbocycles. The lowest BCUT2D eigenvalue weighted by molar-refractivity contribution is 0.0696. The second-order valence-corrected chi connectivity index (χ2v) is 15.6. The number of carbonyl (C=O) groups is 2. The zero-order valence-electron chi connectivity index (χ0n) is 32.0. The molecule has 0 unspecified atom stereocenters. The summed E-state index contributed by atoms with van der Waals surface area (Å²) in [4.78, 5) is 31.1. The van der Waals surface area contributed by atoms with Crippen molar-refractivity contribution >= 4 is 62.6 Å². The first-order valence-electron chi connectivity index (χ1n) is 18.3. The Morgan fingerprint density at radius 2 is 1.72 bits per heavy atom. The van der Waals surface area contributed by atoms with Crippen LogP contribution in [-0.4, -0.2) is 74.6 Å². The molecule has 0 saturated heterocycles. The summed E-state index contributed by atoms with van der Waals surface area (Å²) >= 11 is 13.5. The van der Waals surface area contributed by atoms with Crippen molar-refractivity contribution in [2.75, 3.05) is 38.7 Å². The van der Waals surface area contributed by atoms with Gasteiger partial charge >= 0.3 is 5.97 Å². The number of hydrogen-bond acceptors (Lipinski definition) is 5. The quantitative estimate of drug-likeness (QED) is 0.132. The van der Waals surface area contributed by atoms with E-state index in [9.17, 15) is 9.90 Å². The van der Waals surface area contributed by atoms with Gasteiger partial charge in [0.1, 0.15) is 11.4 Å². The Hall–Kier alpha value is -4.77. The van der Waals surface area contributed by atoms with Gasteiger partial charge in [-0.15, -0.1) is 0 Å². The Morgan fingerprint density at radius 1 is 1.02 bits per heavy atom. The van der Waals surface area contributed by atoms with Crippen molar-refractivity contribution in [2.24, 2.45) is 7.05 Å². The van der Waals surface area contributed by atoms with E-state index >= 15 is 4.79 Å². The maximum Gasteiger partial charge on any atom is 0.335 e. The average molecular weight is 770 g/mol. The molecule has 0 aliphatic carbocycles.